The van der Waals surface area contributed by atoms with Gasteiger partial charge >= 0.3 is 0 Å². The summed E-state index contributed by atoms with van der Waals surface area (Å²) >= 11 is 3.38. The standard InChI is InChI=1S/C12H16BrNO/c1-8(2)10-4-3-9(13)7-11(10)12(15)5-6-14/h3-4,7-8H,5-6,14H2,1-2H3. The van der Waals surface area contributed by atoms with E-state index in [0.29, 0.717) is 18.9 Å². The SMILES string of the molecule is CC(C)c1ccc(Br)cc1C(=O)CCN. The molecule has 3 heteroatoms. The van der Waals surface area contributed by atoms with Crippen molar-refractivity contribution < 1.29 is 4.79 Å². The van der Waals surface area contributed by atoms with Crippen LogP contribution in [0.1, 0.15) is 42.1 Å². The summed E-state index contributed by atoms with van der Waals surface area (Å²) < 4.78 is 0.937. The van der Waals surface area contributed by atoms with E-state index in [2.05, 4.69) is 29.8 Å². The van der Waals surface area contributed by atoms with Gasteiger partial charge in [0.25, 0.3) is 0 Å². The van der Waals surface area contributed by atoms with Crippen molar-refractivity contribution in [3.8, 4) is 0 Å². The van der Waals surface area contributed by atoms with E-state index in [1.807, 2.05) is 18.2 Å². The van der Waals surface area contributed by atoms with Crippen LogP contribution in [0.25, 0.3) is 0 Å². The summed E-state index contributed by atoms with van der Waals surface area (Å²) in [5.74, 6) is 0.484. The number of Topliss-reactive ketones (excluding diaryl/α,β-unsaturated/α-hetero) is 1. The van der Waals surface area contributed by atoms with Crippen molar-refractivity contribution in [2.45, 2.75) is 26.2 Å². The number of hydrogen-bond donors (Lipinski definition) is 1. The molecule has 0 spiro atoms. The monoisotopic (exact) mass is 269 g/mol. The highest BCUT2D eigenvalue weighted by Crippen LogP contribution is 2.24. The van der Waals surface area contributed by atoms with Crippen molar-refractivity contribution in [2.24, 2.45) is 5.73 Å². The van der Waals surface area contributed by atoms with Gasteiger partial charge in [-0.3, -0.25) is 4.79 Å². The molecule has 0 unspecified atom stereocenters. The molecular formula is C12H16BrNO. The molecule has 2 N–H and O–H groups in total. The summed E-state index contributed by atoms with van der Waals surface area (Å²) in [6.45, 7) is 4.58. The fourth-order valence-electron chi connectivity index (χ4n) is 1.54. The first kappa shape index (κ1) is 12.4. The Labute approximate surface area is 99.0 Å². The van der Waals surface area contributed by atoms with E-state index in [4.69, 9.17) is 5.73 Å². The molecule has 0 saturated carbocycles. The third-order valence-electron chi connectivity index (χ3n) is 2.31. The van der Waals surface area contributed by atoms with Crippen LogP contribution in [0.4, 0.5) is 0 Å². The molecule has 0 amide bonds. The molecule has 0 aromatic heterocycles. The molecule has 1 aromatic rings. The molecule has 0 radical (unpaired) electrons. The van der Waals surface area contributed by atoms with Gasteiger partial charge in [0.15, 0.2) is 5.78 Å². The number of hydrogen-bond acceptors (Lipinski definition) is 2. The number of carbonyl (C=O) groups is 1. The van der Waals surface area contributed by atoms with Gasteiger partial charge in [-0.15, -0.1) is 0 Å². The second kappa shape index (κ2) is 5.42. The lowest BCUT2D eigenvalue weighted by molar-refractivity contribution is 0.0984. The second-order valence-corrected chi connectivity index (χ2v) is 4.76. The fourth-order valence-corrected chi connectivity index (χ4v) is 1.90. The Morgan fingerprint density at radius 3 is 2.67 bits per heavy atom. The van der Waals surface area contributed by atoms with Crippen LogP contribution < -0.4 is 5.73 Å². The molecule has 0 aliphatic rings. The molecule has 82 valence electrons. The zero-order valence-corrected chi connectivity index (χ0v) is 10.7. The Kier molecular flexibility index (Phi) is 4.48. The lowest BCUT2D eigenvalue weighted by Gasteiger charge is -2.11. The van der Waals surface area contributed by atoms with E-state index in [-0.39, 0.29) is 5.78 Å². The number of benzene rings is 1. The van der Waals surface area contributed by atoms with Crippen LogP contribution in [-0.2, 0) is 0 Å². The molecule has 0 aliphatic carbocycles. The maximum Gasteiger partial charge on any atom is 0.164 e. The number of halogens is 1. The molecule has 0 saturated heterocycles. The topological polar surface area (TPSA) is 43.1 Å². The molecule has 15 heavy (non-hydrogen) atoms. The summed E-state index contributed by atoms with van der Waals surface area (Å²) in [6, 6.07) is 5.85. The smallest absolute Gasteiger partial charge is 0.164 e. The Hall–Kier alpha value is -0.670. The van der Waals surface area contributed by atoms with Gasteiger partial charge in [-0.1, -0.05) is 35.8 Å². The molecule has 1 rings (SSSR count). The van der Waals surface area contributed by atoms with Crippen LogP contribution in [0, 0.1) is 0 Å². The average Bonchev–Trinajstić information content (AvgIpc) is 2.17. The Morgan fingerprint density at radius 1 is 1.47 bits per heavy atom. The Morgan fingerprint density at radius 2 is 2.13 bits per heavy atom. The zero-order valence-electron chi connectivity index (χ0n) is 9.09. The van der Waals surface area contributed by atoms with Crippen LogP contribution in [0.3, 0.4) is 0 Å². The third kappa shape index (κ3) is 3.14. The van der Waals surface area contributed by atoms with Gasteiger partial charge in [0.05, 0.1) is 0 Å². The quantitative estimate of drug-likeness (QED) is 0.854. The Bertz CT molecular complexity index is 361. The molecular weight excluding hydrogens is 254 g/mol. The van der Waals surface area contributed by atoms with E-state index in [0.717, 1.165) is 15.6 Å². The van der Waals surface area contributed by atoms with Crippen molar-refractivity contribution in [2.75, 3.05) is 6.54 Å². The number of ketones is 1. The molecule has 0 atom stereocenters. The molecule has 2 nitrogen and oxygen atoms in total. The summed E-state index contributed by atoms with van der Waals surface area (Å²) in [7, 11) is 0. The summed E-state index contributed by atoms with van der Waals surface area (Å²) in [6.07, 6.45) is 0.413. The highest BCUT2D eigenvalue weighted by Gasteiger charge is 2.13. The first-order valence-corrected chi connectivity index (χ1v) is 5.88. The molecule has 0 heterocycles. The fraction of sp³-hybridized carbons (Fsp3) is 0.417. The maximum atomic E-state index is 11.8. The maximum absolute atomic E-state index is 11.8. The lowest BCUT2D eigenvalue weighted by Crippen LogP contribution is -2.11. The Balaban J connectivity index is 3.12. The molecule has 0 fully saturated rings. The number of rotatable bonds is 4. The van der Waals surface area contributed by atoms with Crippen molar-refractivity contribution in [3.05, 3.63) is 33.8 Å². The summed E-state index contributed by atoms with van der Waals surface area (Å²) in [5.41, 5.74) is 7.29. The highest BCUT2D eigenvalue weighted by molar-refractivity contribution is 9.10. The van der Waals surface area contributed by atoms with Crippen molar-refractivity contribution in [1.82, 2.24) is 0 Å². The summed E-state index contributed by atoms with van der Waals surface area (Å²) in [4.78, 5) is 11.8. The van der Waals surface area contributed by atoms with Crippen molar-refractivity contribution in [3.63, 3.8) is 0 Å². The van der Waals surface area contributed by atoms with E-state index >= 15 is 0 Å². The van der Waals surface area contributed by atoms with Gasteiger partial charge in [-0.2, -0.15) is 0 Å². The van der Waals surface area contributed by atoms with Crippen molar-refractivity contribution >= 4 is 21.7 Å². The zero-order chi connectivity index (χ0) is 11.4. The van der Waals surface area contributed by atoms with Crippen LogP contribution in [0.5, 0.6) is 0 Å². The first-order valence-electron chi connectivity index (χ1n) is 5.09. The van der Waals surface area contributed by atoms with Gasteiger partial charge in [0.2, 0.25) is 0 Å². The molecule has 0 bridgehead atoms. The lowest BCUT2D eigenvalue weighted by atomic mass is 9.94. The minimum atomic E-state index is 0.127. The second-order valence-electron chi connectivity index (χ2n) is 3.85. The van der Waals surface area contributed by atoms with Gasteiger partial charge in [-0.25, -0.2) is 0 Å². The number of nitrogens with two attached hydrogens (primary N) is 1. The first-order chi connectivity index (χ1) is 7.06. The van der Waals surface area contributed by atoms with Gasteiger partial charge in [0.1, 0.15) is 0 Å². The van der Waals surface area contributed by atoms with E-state index < -0.39 is 0 Å². The van der Waals surface area contributed by atoms with Crippen LogP contribution >= 0.6 is 15.9 Å². The van der Waals surface area contributed by atoms with Crippen LogP contribution in [0.2, 0.25) is 0 Å². The number of carbonyl (C=O) groups excluding carboxylic acids is 1. The minimum Gasteiger partial charge on any atom is -0.330 e. The normalized spacial score (nSPS) is 10.7. The van der Waals surface area contributed by atoms with Gasteiger partial charge in [0, 0.05) is 16.5 Å². The van der Waals surface area contributed by atoms with E-state index in [1.165, 1.54) is 0 Å². The predicted molar refractivity (Wildman–Crippen MR) is 66.2 cm³/mol. The van der Waals surface area contributed by atoms with Crippen LogP contribution in [-0.4, -0.2) is 12.3 Å². The molecule has 1 aromatic carbocycles. The van der Waals surface area contributed by atoms with Gasteiger partial charge < -0.3 is 5.73 Å². The van der Waals surface area contributed by atoms with E-state index in [9.17, 15) is 4.79 Å². The minimum absolute atomic E-state index is 0.127. The largest absolute Gasteiger partial charge is 0.330 e. The average molecular weight is 270 g/mol. The van der Waals surface area contributed by atoms with Crippen LogP contribution in [0.15, 0.2) is 22.7 Å². The van der Waals surface area contributed by atoms with Gasteiger partial charge in [-0.05, 0) is 30.2 Å². The predicted octanol–water partition coefficient (Wildman–Crippen LogP) is 3.10. The molecule has 0 aliphatic heterocycles. The summed E-state index contributed by atoms with van der Waals surface area (Å²) in [5, 5.41) is 0. The third-order valence-corrected chi connectivity index (χ3v) is 2.80. The van der Waals surface area contributed by atoms with E-state index in [1.54, 1.807) is 0 Å². The van der Waals surface area contributed by atoms with Crippen molar-refractivity contribution in [1.29, 1.82) is 0 Å². The highest BCUT2D eigenvalue weighted by atomic mass is 79.9.